The van der Waals surface area contributed by atoms with Gasteiger partial charge < -0.3 is 15.0 Å². The van der Waals surface area contributed by atoms with E-state index in [-0.39, 0.29) is 12.0 Å². The molecule has 3 rings (SSSR count). The molecule has 1 saturated heterocycles. The fourth-order valence-corrected chi connectivity index (χ4v) is 3.48. The van der Waals surface area contributed by atoms with Crippen molar-refractivity contribution < 1.29 is 9.53 Å². The maximum atomic E-state index is 12.5. The third kappa shape index (κ3) is 3.95. The van der Waals surface area contributed by atoms with Gasteiger partial charge >= 0.3 is 0 Å². The first-order chi connectivity index (χ1) is 9.83. The zero-order valence-electron chi connectivity index (χ0n) is 12.5. The maximum absolute atomic E-state index is 12.5. The Hall–Kier alpha value is -0.610. The normalized spacial score (nSPS) is 27.1. The Morgan fingerprint density at radius 1 is 1.10 bits per heavy atom. The summed E-state index contributed by atoms with van der Waals surface area (Å²) in [5.74, 6) is 1.12. The molecule has 0 aromatic heterocycles. The van der Waals surface area contributed by atoms with Gasteiger partial charge in [-0.25, -0.2) is 0 Å². The fourth-order valence-electron chi connectivity index (χ4n) is 3.48. The second kappa shape index (κ2) is 6.90. The molecular weight excluding hydrogens is 252 g/mol. The number of nitrogens with one attached hydrogen (secondary N) is 1. The van der Waals surface area contributed by atoms with Gasteiger partial charge in [-0.2, -0.15) is 0 Å². The average Bonchev–Trinajstić information content (AvgIpc) is 2.95. The van der Waals surface area contributed by atoms with E-state index in [0.717, 1.165) is 38.5 Å². The summed E-state index contributed by atoms with van der Waals surface area (Å²) in [6.07, 6.45) is 10.1. The van der Waals surface area contributed by atoms with Crippen molar-refractivity contribution >= 4 is 5.91 Å². The zero-order valence-corrected chi connectivity index (χ0v) is 12.5. The summed E-state index contributed by atoms with van der Waals surface area (Å²) in [7, 11) is 0. The van der Waals surface area contributed by atoms with Gasteiger partial charge in [0.05, 0.1) is 12.6 Å². The molecule has 0 aromatic carbocycles. The van der Waals surface area contributed by atoms with Crippen LogP contribution < -0.4 is 5.32 Å². The highest BCUT2D eigenvalue weighted by atomic mass is 16.5. The number of hydrogen-bond acceptors (Lipinski definition) is 3. The second-order valence-electron chi connectivity index (χ2n) is 6.69. The fraction of sp³-hybridized carbons (Fsp3) is 0.938. The number of ether oxygens (including phenoxy) is 1. The van der Waals surface area contributed by atoms with Gasteiger partial charge in [0, 0.05) is 19.2 Å². The van der Waals surface area contributed by atoms with E-state index < -0.39 is 0 Å². The molecule has 1 unspecified atom stereocenters. The number of amides is 1. The number of rotatable bonds is 7. The van der Waals surface area contributed by atoms with Crippen molar-refractivity contribution in [1.29, 1.82) is 0 Å². The van der Waals surface area contributed by atoms with Crippen LogP contribution in [0, 0.1) is 5.92 Å². The molecule has 1 heterocycles. The Bertz CT molecular complexity index is 318. The number of carbonyl (C=O) groups excluding carboxylic acids is 1. The van der Waals surface area contributed by atoms with Gasteiger partial charge in [-0.1, -0.05) is 12.8 Å². The molecule has 3 fully saturated rings. The summed E-state index contributed by atoms with van der Waals surface area (Å²) in [4.78, 5) is 14.7. The minimum atomic E-state index is 0.281. The highest BCUT2D eigenvalue weighted by Gasteiger charge is 2.30. The second-order valence-corrected chi connectivity index (χ2v) is 6.69. The predicted octanol–water partition coefficient (Wildman–Crippen LogP) is 1.94. The van der Waals surface area contributed by atoms with Crippen LogP contribution in [-0.2, 0) is 9.53 Å². The van der Waals surface area contributed by atoms with Gasteiger partial charge in [-0.05, 0) is 51.0 Å². The van der Waals surface area contributed by atoms with E-state index in [0.29, 0.717) is 12.6 Å². The molecule has 4 nitrogen and oxygen atoms in total. The molecule has 1 N–H and O–H groups in total. The maximum Gasteiger partial charge on any atom is 0.236 e. The lowest BCUT2D eigenvalue weighted by atomic mass is 10.1. The van der Waals surface area contributed by atoms with Crippen molar-refractivity contribution in [2.24, 2.45) is 5.92 Å². The first-order valence-corrected chi connectivity index (χ1v) is 8.44. The largest absolute Gasteiger partial charge is 0.376 e. The lowest BCUT2D eigenvalue weighted by Gasteiger charge is -2.31. The number of carbonyl (C=O) groups is 1. The molecule has 114 valence electrons. The minimum absolute atomic E-state index is 0.281. The van der Waals surface area contributed by atoms with Crippen LogP contribution in [0.3, 0.4) is 0 Å². The minimum Gasteiger partial charge on any atom is -0.376 e. The Kier molecular flexibility index (Phi) is 4.94. The van der Waals surface area contributed by atoms with Crippen LogP contribution in [0.5, 0.6) is 0 Å². The van der Waals surface area contributed by atoms with Crippen LogP contribution in [-0.4, -0.2) is 49.2 Å². The molecule has 2 aliphatic carbocycles. The topological polar surface area (TPSA) is 41.6 Å². The van der Waals surface area contributed by atoms with E-state index >= 15 is 0 Å². The Morgan fingerprint density at radius 2 is 1.90 bits per heavy atom. The van der Waals surface area contributed by atoms with Crippen molar-refractivity contribution in [2.45, 2.75) is 63.5 Å². The highest BCUT2D eigenvalue weighted by molar-refractivity contribution is 5.78. The molecule has 20 heavy (non-hydrogen) atoms. The van der Waals surface area contributed by atoms with Gasteiger partial charge in [0.2, 0.25) is 5.91 Å². The smallest absolute Gasteiger partial charge is 0.236 e. The number of hydrogen-bond donors (Lipinski definition) is 1. The summed E-state index contributed by atoms with van der Waals surface area (Å²) in [6.45, 7) is 3.22. The molecule has 1 amide bonds. The first kappa shape index (κ1) is 14.3. The van der Waals surface area contributed by atoms with Crippen LogP contribution in [0.25, 0.3) is 0 Å². The van der Waals surface area contributed by atoms with Crippen molar-refractivity contribution in [3.8, 4) is 0 Å². The van der Waals surface area contributed by atoms with E-state index in [2.05, 4.69) is 10.2 Å². The van der Waals surface area contributed by atoms with Gasteiger partial charge in [0.25, 0.3) is 0 Å². The van der Waals surface area contributed by atoms with Crippen LogP contribution in [0.4, 0.5) is 0 Å². The molecular formula is C16H28N2O2. The summed E-state index contributed by atoms with van der Waals surface area (Å²) >= 11 is 0. The summed E-state index contributed by atoms with van der Waals surface area (Å²) in [5.41, 5.74) is 0. The molecule has 0 radical (unpaired) electrons. The molecule has 0 aromatic rings. The van der Waals surface area contributed by atoms with Crippen molar-refractivity contribution in [3.05, 3.63) is 0 Å². The van der Waals surface area contributed by atoms with Gasteiger partial charge in [0.15, 0.2) is 0 Å². The molecule has 1 atom stereocenters. The van der Waals surface area contributed by atoms with Crippen LogP contribution >= 0.6 is 0 Å². The molecule has 1 aliphatic heterocycles. The standard InChI is InChI=1S/C16H28N2O2/c19-16(11-17-10-13-7-8-13)18(14-4-1-2-5-14)12-15-6-3-9-20-15/h13-15,17H,1-12H2. The van der Waals surface area contributed by atoms with Crippen molar-refractivity contribution in [2.75, 3.05) is 26.2 Å². The Labute approximate surface area is 122 Å². The molecule has 4 heteroatoms. The molecule has 0 spiro atoms. The van der Waals surface area contributed by atoms with E-state index in [1.54, 1.807) is 0 Å². The SMILES string of the molecule is O=C(CNCC1CC1)N(CC1CCCO1)C1CCCC1. The summed E-state index contributed by atoms with van der Waals surface area (Å²) in [5, 5.41) is 3.34. The monoisotopic (exact) mass is 280 g/mol. The van der Waals surface area contributed by atoms with Gasteiger partial charge in [0.1, 0.15) is 0 Å². The van der Waals surface area contributed by atoms with Crippen LogP contribution in [0.15, 0.2) is 0 Å². The highest BCUT2D eigenvalue weighted by Crippen LogP contribution is 2.28. The van der Waals surface area contributed by atoms with Gasteiger partial charge in [-0.3, -0.25) is 4.79 Å². The average molecular weight is 280 g/mol. The van der Waals surface area contributed by atoms with Crippen LogP contribution in [0.2, 0.25) is 0 Å². The van der Waals surface area contributed by atoms with E-state index in [4.69, 9.17) is 4.74 Å². The predicted molar refractivity (Wildman–Crippen MR) is 78.5 cm³/mol. The third-order valence-corrected chi connectivity index (χ3v) is 4.92. The van der Waals surface area contributed by atoms with E-state index in [1.165, 1.54) is 38.5 Å². The zero-order chi connectivity index (χ0) is 13.8. The molecule has 0 bridgehead atoms. The quantitative estimate of drug-likeness (QED) is 0.775. The Morgan fingerprint density at radius 3 is 2.55 bits per heavy atom. The third-order valence-electron chi connectivity index (χ3n) is 4.92. The van der Waals surface area contributed by atoms with Gasteiger partial charge in [-0.15, -0.1) is 0 Å². The van der Waals surface area contributed by atoms with Crippen molar-refractivity contribution in [1.82, 2.24) is 10.2 Å². The van der Waals surface area contributed by atoms with Crippen LogP contribution in [0.1, 0.15) is 51.4 Å². The molecule has 3 aliphatic rings. The van der Waals surface area contributed by atoms with E-state index in [9.17, 15) is 4.79 Å². The molecule has 2 saturated carbocycles. The summed E-state index contributed by atoms with van der Waals surface area (Å²) in [6, 6.07) is 0.467. The first-order valence-electron chi connectivity index (χ1n) is 8.44. The summed E-state index contributed by atoms with van der Waals surface area (Å²) < 4.78 is 5.73. The lowest BCUT2D eigenvalue weighted by Crippen LogP contribution is -2.47. The van der Waals surface area contributed by atoms with Crippen molar-refractivity contribution in [3.63, 3.8) is 0 Å². The lowest BCUT2D eigenvalue weighted by molar-refractivity contribution is -0.134. The number of nitrogens with zero attached hydrogens (tertiary/aromatic N) is 1. The van der Waals surface area contributed by atoms with E-state index in [1.807, 2.05) is 0 Å². The Balaban J connectivity index is 1.50.